The molecule has 4 heteroatoms. The molecule has 0 aromatic carbocycles. The molecule has 0 aliphatic carbocycles. The highest BCUT2D eigenvalue weighted by Crippen LogP contribution is 2.31. The van der Waals surface area contributed by atoms with Crippen LogP contribution in [0.1, 0.15) is 54.4 Å². The maximum Gasteiger partial charge on any atom is 0.126 e. The van der Waals surface area contributed by atoms with Crippen LogP contribution >= 0.6 is 0 Å². The molecule has 2 aliphatic heterocycles. The van der Waals surface area contributed by atoms with E-state index in [4.69, 9.17) is 0 Å². The van der Waals surface area contributed by atoms with E-state index in [2.05, 4.69) is 56.2 Å². The summed E-state index contributed by atoms with van der Waals surface area (Å²) in [6.45, 7) is 20.0. The zero-order valence-corrected chi connectivity index (χ0v) is 15.6. The molecule has 2 heterocycles. The van der Waals surface area contributed by atoms with Crippen molar-refractivity contribution < 1.29 is 4.39 Å². The Balaban J connectivity index is 1.80. The normalized spacial score (nSPS) is 26.3. The van der Waals surface area contributed by atoms with Crippen LogP contribution in [0.25, 0.3) is 0 Å². The fourth-order valence-electron chi connectivity index (χ4n) is 3.71. The van der Waals surface area contributed by atoms with Crippen molar-refractivity contribution in [3.8, 4) is 0 Å². The summed E-state index contributed by atoms with van der Waals surface area (Å²) in [4.78, 5) is 7.27. The lowest BCUT2D eigenvalue weighted by atomic mass is 9.89. The third-order valence-corrected chi connectivity index (χ3v) is 5.44. The van der Waals surface area contributed by atoms with Gasteiger partial charge in [0.05, 0.1) is 0 Å². The van der Waals surface area contributed by atoms with E-state index in [1.165, 1.54) is 0 Å². The van der Waals surface area contributed by atoms with Crippen LogP contribution in [0.2, 0.25) is 0 Å². The van der Waals surface area contributed by atoms with Crippen LogP contribution in [-0.4, -0.2) is 77.3 Å². The fraction of sp³-hybridized carbons (Fsp3) is 1.00. The molecule has 0 radical (unpaired) electrons. The van der Waals surface area contributed by atoms with Gasteiger partial charge >= 0.3 is 0 Å². The predicted molar refractivity (Wildman–Crippen MR) is 92.2 cm³/mol. The van der Waals surface area contributed by atoms with E-state index in [-0.39, 0.29) is 11.1 Å². The lowest BCUT2D eigenvalue weighted by Gasteiger charge is -2.47. The van der Waals surface area contributed by atoms with E-state index in [9.17, 15) is 0 Å². The molecule has 0 bridgehead atoms. The topological polar surface area (TPSA) is 9.72 Å². The monoisotopic (exact) mass is 313 g/mol. The summed E-state index contributed by atoms with van der Waals surface area (Å²) in [5, 5.41) is 0. The highest BCUT2D eigenvalue weighted by atomic mass is 19.1. The molecule has 0 aromatic rings. The summed E-state index contributed by atoms with van der Waals surface area (Å²) < 4.78 is 15.2. The van der Waals surface area contributed by atoms with Crippen molar-refractivity contribution in [1.82, 2.24) is 14.7 Å². The van der Waals surface area contributed by atoms with Gasteiger partial charge in [0.1, 0.15) is 5.67 Å². The largest absolute Gasteiger partial charge is 0.298 e. The van der Waals surface area contributed by atoms with Crippen LogP contribution in [0.5, 0.6) is 0 Å². The van der Waals surface area contributed by atoms with Gasteiger partial charge < -0.3 is 0 Å². The maximum atomic E-state index is 15.2. The number of halogens is 1. The summed E-state index contributed by atoms with van der Waals surface area (Å²) in [5.74, 6) is 0. The van der Waals surface area contributed by atoms with Crippen molar-refractivity contribution in [2.24, 2.45) is 0 Å². The number of hydrogen-bond acceptors (Lipinski definition) is 3. The van der Waals surface area contributed by atoms with Crippen molar-refractivity contribution in [3.63, 3.8) is 0 Å². The Labute approximate surface area is 136 Å². The molecule has 2 aliphatic rings. The van der Waals surface area contributed by atoms with Gasteiger partial charge in [-0.1, -0.05) is 0 Å². The Morgan fingerprint density at radius 1 is 0.727 bits per heavy atom. The average molecular weight is 314 g/mol. The number of alkyl halides is 1. The second-order valence-corrected chi connectivity index (χ2v) is 9.24. The van der Waals surface area contributed by atoms with E-state index >= 15 is 4.39 Å². The number of piperidine rings is 1. The van der Waals surface area contributed by atoms with Gasteiger partial charge in [0.2, 0.25) is 0 Å². The quantitative estimate of drug-likeness (QED) is 0.776. The molecule has 0 N–H and O–H groups in total. The summed E-state index contributed by atoms with van der Waals surface area (Å²) in [6, 6.07) is 0. The van der Waals surface area contributed by atoms with Crippen LogP contribution in [0.15, 0.2) is 0 Å². The highest BCUT2D eigenvalue weighted by molar-refractivity contribution is 4.93. The molecule has 130 valence electrons. The average Bonchev–Trinajstić information content (AvgIpc) is 2.37. The van der Waals surface area contributed by atoms with Gasteiger partial charge in [0.25, 0.3) is 0 Å². The Morgan fingerprint density at radius 3 is 1.55 bits per heavy atom. The molecule has 0 saturated carbocycles. The van der Waals surface area contributed by atoms with E-state index < -0.39 is 5.67 Å². The Morgan fingerprint density at radius 2 is 1.14 bits per heavy atom. The molecule has 0 atom stereocenters. The fourth-order valence-corrected chi connectivity index (χ4v) is 3.71. The molecule has 3 nitrogen and oxygen atoms in total. The van der Waals surface area contributed by atoms with Crippen LogP contribution in [0.4, 0.5) is 4.39 Å². The first kappa shape index (κ1) is 18.2. The molecule has 0 spiro atoms. The van der Waals surface area contributed by atoms with Gasteiger partial charge in [0.15, 0.2) is 0 Å². The van der Waals surface area contributed by atoms with Crippen molar-refractivity contribution in [2.45, 2.75) is 71.1 Å². The summed E-state index contributed by atoms with van der Waals surface area (Å²) in [5.41, 5.74) is -0.580. The van der Waals surface area contributed by atoms with Gasteiger partial charge in [-0.3, -0.25) is 14.7 Å². The number of hydrogen-bond donors (Lipinski definition) is 0. The number of likely N-dealkylation sites (tertiary alicyclic amines) is 1. The van der Waals surface area contributed by atoms with Gasteiger partial charge in [-0.05, 0) is 54.4 Å². The van der Waals surface area contributed by atoms with Crippen molar-refractivity contribution in [2.75, 3.05) is 45.8 Å². The first-order valence-electron chi connectivity index (χ1n) is 8.91. The van der Waals surface area contributed by atoms with E-state index in [0.29, 0.717) is 19.4 Å². The van der Waals surface area contributed by atoms with Gasteiger partial charge in [-0.15, -0.1) is 0 Å². The first-order valence-corrected chi connectivity index (χ1v) is 8.91. The minimum Gasteiger partial charge on any atom is -0.298 e. The smallest absolute Gasteiger partial charge is 0.126 e. The Bertz CT molecular complexity index is 354. The van der Waals surface area contributed by atoms with Gasteiger partial charge in [0, 0.05) is 56.9 Å². The second-order valence-electron chi connectivity index (χ2n) is 9.24. The summed E-state index contributed by atoms with van der Waals surface area (Å²) in [6.07, 6.45) is 1.37. The highest BCUT2D eigenvalue weighted by Gasteiger charge is 2.39. The third kappa shape index (κ3) is 4.65. The van der Waals surface area contributed by atoms with Crippen molar-refractivity contribution >= 4 is 0 Å². The van der Waals surface area contributed by atoms with E-state index in [0.717, 1.165) is 39.3 Å². The number of rotatable bonds is 2. The lowest BCUT2D eigenvalue weighted by molar-refractivity contribution is -0.0200. The first-order chi connectivity index (χ1) is 10.00. The minimum absolute atomic E-state index is 0.166. The Kier molecular flexibility index (Phi) is 5.25. The zero-order chi connectivity index (χ0) is 16.6. The molecule has 2 fully saturated rings. The SMILES string of the molecule is CC(C)(C)N1CCN(CC2(F)CCN(C(C)(C)C)CC2)CC1. The van der Waals surface area contributed by atoms with Crippen molar-refractivity contribution in [1.29, 1.82) is 0 Å². The van der Waals surface area contributed by atoms with Crippen LogP contribution in [0.3, 0.4) is 0 Å². The molecular formula is C18H36FN3. The zero-order valence-electron chi connectivity index (χ0n) is 15.6. The van der Waals surface area contributed by atoms with Gasteiger partial charge in [-0.25, -0.2) is 4.39 Å². The molecule has 0 aromatic heterocycles. The van der Waals surface area contributed by atoms with Gasteiger partial charge in [-0.2, -0.15) is 0 Å². The number of piperazine rings is 1. The van der Waals surface area contributed by atoms with Crippen LogP contribution in [0, 0.1) is 0 Å². The van der Waals surface area contributed by atoms with Crippen LogP contribution < -0.4 is 0 Å². The molecule has 2 rings (SSSR count). The minimum atomic E-state index is -0.981. The second kappa shape index (κ2) is 6.37. The number of nitrogens with zero attached hydrogens (tertiary/aromatic N) is 3. The summed E-state index contributed by atoms with van der Waals surface area (Å²) in [7, 11) is 0. The molecule has 0 unspecified atom stereocenters. The Hall–Kier alpha value is -0.190. The molecule has 0 amide bonds. The van der Waals surface area contributed by atoms with Crippen LogP contribution in [-0.2, 0) is 0 Å². The summed E-state index contributed by atoms with van der Waals surface area (Å²) >= 11 is 0. The standard InChI is InChI=1S/C18H36FN3/c1-16(2,3)21-9-7-18(19,8-10-21)15-20-11-13-22(14-12-20)17(4,5)6/h7-15H2,1-6H3. The third-order valence-electron chi connectivity index (χ3n) is 5.44. The van der Waals surface area contributed by atoms with E-state index in [1.54, 1.807) is 0 Å². The maximum absolute atomic E-state index is 15.2. The predicted octanol–water partition coefficient (Wildman–Crippen LogP) is 3.01. The molecule has 2 saturated heterocycles. The molecule has 22 heavy (non-hydrogen) atoms. The lowest BCUT2D eigenvalue weighted by Crippen LogP contribution is -2.57. The van der Waals surface area contributed by atoms with Crippen molar-refractivity contribution in [3.05, 3.63) is 0 Å². The molecular weight excluding hydrogens is 277 g/mol. The van der Waals surface area contributed by atoms with E-state index in [1.807, 2.05) is 0 Å².